The summed E-state index contributed by atoms with van der Waals surface area (Å²) < 4.78 is 0. The molecule has 0 fully saturated rings. The number of hydrogen-bond acceptors (Lipinski definition) is 3. The van der Waals surface area contributed by atoms with E-state index in [0.717, 1.165) is 16.8 Å². The molecule has 0 unspecified atom stereocenters. The zero-order chi connectivity index (χ0) is 22.8. The van der Waals surface area contributed by atoms with Crippen molar-refractivity contribution in [3.8, 4) is 11.1 Å². The standard InChI is InChI=1S/C27H23NO4/c1-16(2)25-22(24(27(31)32)21-9-5-6-10-23(21)28-25)15-17-11-13-18(14-12-17)19-7-3-4-8-20(19)26(29)30/h3-14,16H,15H2,1-2H3,(H,29,30)(H,31,32). The highest BCUT2D eigenvalue weighted by atomic mass is 16.4. The molecule has 0 aliphatic rings. The Morgan fingerprint density at radius 1 is 0.844 bits per heavy atom. The van der Waals surface area contributed by atoms with Gasteiger partial charge in [-0.3, -0.25) is 4.98 Å². The van der Waals surface area contributed by atoms with Crippen molar-refractivity contribution in [2.24, 2.45) is 0 Å². The van der Waals surface area contributed by atoms with Gasteiger partial charge in [-0.1, -0.05) is 74.5 Å². The Kier molecular flexibility index (Phi) is 5.73. The molecule has 0 saturated carbocycles. The molecule has 0 saturated heterocycles. The Labute approximate surface area is 186 Å². The molecule has 2 N–H and O–H groups in total. The maximum absolute atomic E-state index is 12.3. The molecule has 0 radical (unpaired) electrons. The van der Waals surface area contributed by atoms with Crippen LogP contribution in [0, 0.1) is 0 Å². The van der Waals surface area contributed by atoms with E-state index in [4.69, 9.17) is 4.98 Å². The van der Waals surface area contributed by atoms with E-state index in [2.05, 4.69) is 0 Å². The van der Waals surface area contributed by atoms with Gasteiger partial charge in [0, 0.05) is 17.5 Å². The topological polar surface area (TPSA) is 87.5 Å². The largest absolute Gasteiger partial charge is 0.478 e. The second kappa shape index (κ2) is 8.63. The summed E-state index contributed by atoms with van der Waals surface area (Å²) in [5, 5.41) is 20.1. The van der Waals surface area contributed by atoms with E-state index >= 15 is 0 Å². The quantitative estimate of drug-likeness (QED) is 0.395. The van der Waals surface area contributed by atoms with Gasteiger partial charge in [0.15, 0.2) is 0 Å². The smallest absolute Gasteiger partial charge is 0.336 e. The highest BCUT2D eigenvalue weighted by Crippen LogP contribution is 2.31. The van der Waals surface area contributed by atoms with Gasteiger partial charge in [0.05, 0.1) is 16.6 Å². The molecule has 4 rings (SSSR count). The minimum Gasteiger partial charge on any atom is -0.478 e. The van der Waals surface area contributed by atoms with Gasteiger partial charge in [-0.15, -0.1) is 0 Å². The van der Waals surface area contributed by atoms with E-state index in [-0.39, 0.29) is 11.5 Å². The Bertz CT molecular complexity index is 1320. The van der Waals surface area contributed by atoms with Crippen molar-refractivity contribution in [1.82, 2.24) is 4.98 Å². The fourth-order valence-electron chi connectivity index (χ4n) is 4.10. The summed E-state index contributed by atoms with van der Waals surface area (Å²) in [6.07, 6.45) is 0.424. The van der Waals surface area contributed by atoms with E-state index in [1.807, 2.05) is 62.4 Å². The molecule has 0 aliphatic carbocycles. The number of aromatic carboxylic acids is 2. The molecule has 0 spiro atoms. The van der Waals surface area contributed by atoms with Gasteiger partial charge in [-0.05, 0) is 40.3 Å². The number of hydrogen-bond donors (Lipinski definition) is 2. The van der Waals surface area contributed by atoms with E-state index < -0.39 is 11.9 Å². The van der Waals surface area contributed by atoms with E-state index in [1.165, 1.54) is 0 Å². The van der Waals surface area contributed by atoms with Crippen molar-refractivity contribution >= 4 is 22.8 Å². The van der Waals surface area contributed by atoms with Crippen LogP contribution in [-0.2, 0) is 6.42 Å². The van der Waals surface area contributed by atoms with Crippen LogP contribution in [0.25, 0.3) is 22.0 Å². The monoisotopic (exact) mass is 425 g/mol. The normalized spacial score (nSPS) is 11.1. The van der Waals surface area contributed by atoms with Gasteiger partial charge in [-0.2, -0.15) is 0 Å². The van der Waals surface area contributed by atoms with Crippen LogP contribution in [0.3, 0.4) is 0 Å². The highest BCUT2D eigenvalue weighted by molar-refractivity contribution is 6.04. The minimum atomic E-state index is -0.973. The van der Waals surface area contributed by atoms with Crippen LogP contribution < -0.4 is 0 Å². The van der Waals surface area contributed by atoms with Crippen molar-refractivity contribution in [1.29, 1.82) is 0 Å². The first-order chi connectivity index (χ1) is 15.4. The Balaban J connectivity index is 1.79. The summed E-state index contributed by atoms with van der Waals surface area (Å²) >= 11 is 0. The van der Waals surface area contributed by atoms with Crippen LogP contribution >= 0.6 is 0 Å². The first-order valence-electron chi connectivity index (χ1n) is 10.4. The SMILES string of the molecule is CC(C)c1nc2ccccc2c(C(=O)O)c1Cc1ccc(-c2ccccc2C(=O)O)cc1. The van der Waals surface area contributed by atoms with Crippen molar-refractivity contribution in [3.63, 3.8) is 0 Å². The minimum absolute atomic E-state index is 0.0643. The number of rotatable bonds is 6. The Morgan fingerprint density at radius 2 is 1.50 bits per heavy atom. The molecule has 1 aromatic heterocycles. The molecule has 0 atom stereocenters. The zero-order valence-corrected chi connectivity index (χ0v) is 17.9. The first kappa shape index (κ1) is 21.2. The van der Waals surface area contributed by atoms with Crippen LogP contribution in [0.2, 0.25) is 0 Å². The maximum Gasteiger partial charge on any atom is 0.336 e. The second-order valence-electron chi connectivity index (χ2n) is 8.05. The summed E-state index contributed by atoms with van der Waals surface area (Å²) in [4.78, 5) is 28.6. The summed E-state index contributed by atoms with van der Waals surface area (Å²) in [7, 11) is 0. The zero-order valence-electron chi connectivity index (χ0n) is 17.9. The molecule has 5 heteroatoms. The summed E-state index contributed by atoms with van der Waals surface area (Å²) in [5.74, 6) is -1.87. The molecular weight excluding hydrogens is 402 g/mol. The Hall–Kier alpha value is -3.99. The molecular formula is C27H23NO4. The lowest BCUT2D eigenvalue weighted by atomic mass is 9.90. The van der Waals surface area contributed by atoms with E-state index in [9.17, 15) is 19.8 Å². The number of nitrogens with zero attached hydrogens (tertiary/aromatic N) is 1. The van der Waals surface area contributed by atoms with Crippen LogP contribution in [-0.4, -0.2) is 27.1 Å². The molecule has 0 bridgehead atoms. The third-order valence-corrected chi connectivity index (χ3v) is 5.59. The lowest BCUT2D eigenvalue weighted by molar-refractivity contribution is 0.0687. The molecule has 0 amide bonds. The number of carboxylic acids is 2. The summed E-state index contributed by atoms with van der Waals surface area (Å²) in [6.45, 7) is 4.02. The number of aromatic nitrogens is 1. The van der Waals surface area contributed by atoms with Gasteiger partial charge in [0.25, 0.3) is 0 Å². The van der Waals surface area contributed by atoms with Gasteiger partial charge in [0.1, 0.15) is 0 Å². The Morgan fingerprint density at radius 3 is 2.16 bits per heavy atom. The number of fused-ring (bicyclic) bond motifs is 1. The molecule has 3 aromatic carbocycles. The van der Waals surface area contributed by atoms with Crippen molar-refractivity contribution in [3.05, 3.63) is 101 Å². The fraction of sp³-hybridized carbons (Fsp3) is 0.148. The summed E-state index contributed by atoms with van der Waals surface area (Å²) in [5.41, 5.74) is 5.08. The summed E-state index contributed by atoms with van der Waals surface area (Å²) in [6, 6.07) is 21.8. The lowest BCUT2D eigenvalue weighted by Crippen LogP contribution is -2.11. The molecule has 0 aliphatic heterocycles. The van der Waals surface area contributed by atoms with Crippen molar-refractivity contribution in [2.45, 2.75) is 26.2 Å². The molecule has 5 nitrogen and oxygen atoms in total. The van der Waals surface area contributed by atoms with Crippen LogP contribution in [0.15, 0.2) is 72.8 Å². The maximum atomic E-state index is 12.3. The van der Waals surface area contributed by atoms with Gasteiger partial charge in [-0.25, -0.2) is 9.59 Å². The third kappa shape index (κ3) is 3.97. The molecule has 160 valence electrons. The predicted molar refractivity (Wildman–Crippen MR) is 124 cm³/mol. The van der Waals surface area contributed by atoms with Crippen LogP contribution in [0.1, 0.15) is 57.3 Å². The average molecular weight is 425 g/mol. The number of pyridine rings is 1. The first-order valence-corrected chi connectivity index (χ1v) is 10.4. The van der Waals surface area contributed by atoms with E-state index in [1.54, 1.807) is 24.3 Å². The second-order valence-corrected chi connectivity index (χ2v) is 8.05. The van der Waals surface area contributed by atoms with Gasteiger partial charge in [0.2, 0.25) is 0 Å². The van der Waals surface area contributed by atoms with Crippen molar-refractivity contribution < 1.29 is 19.8 Å². The van der Waals surface area contributed by atoms with Crippen molar-refractivity contribution in [2.75, 3.05) is 0 Å². The molecule has 32 heavy (non-hydrogen) atoms. The average Bonchev–Trinajstić information content (AvgIpc) is 2.78. The fourth-order valence-corrected chi connectivity index (χ4v) is 4.10. The number of carboxylic acid groups (broad SMARTS) is 2. The highest BCUT2D eigenvalue weighted by Gasteiger charge is 2.22. The van der Waals surface area contributed by atoms with Gasteiger partial charge >= 0.3 is 11.9 Å². The lowest BCUT2D eigenvalue weighted by Gasteiger charge is -2.17. The predicted octanol–water partition coefficient (Wildman–Crippen LogP) is 6.01. The van der Waals surface area contributed by atoms with Crippen LogP contribution in [0.4, 0.5) is 0 Å². The molecule has 4 aromatic rings. The third-order valence-electron chi connectivity index (χ3n) is 5.59. The number of carbonyl (C=O) groups is 2. The van der Waals surface area contributed by atoms with Gasteiger partial charge < -0.3 is 10.2 Å². The molecule has 1 heterocycles. The van der Waals surface area contributed by atoms with Crippen LogP contribution in [0.5, 0.6) is 0 Å². The number of benzene rings is 3. The number of para-hydroxylation sites is 1. The van der Waals surface area contributed by atoms with E-state index in [0.29, 0.717) is 34.0 Å².